The predicted molar refractivity (Wildman–Crippen MR) is 84.3 cm³/mol. The minimum absolute atomic E-state index is 0.189. The number of nitrogens with one attached hydrogen (secondary N) is 2. The fourth-order valence-corrected chi connectivity index (χ4v) is 2.74. The lowest BCUT2D eigenvalue weighted by atomic mass is 10.1. The maximum Gasteiger partial charge on any atom is 0.274 e. The van der Waals surface area contributed by atoms with Crippen LogP contribution < -0.4 is 15.6 Å². The van der Waals surface area contributed by atoms with E-state index >= 15 is 0 Å². The first-order valence-corrected chi connectivity index (χ1v) is 7.60. The van der Waals surface area contributed by atoms with Crippen LogP contribution in [-0.4, -0.2) is 28.3 Å². The van der Waals surface area contributed by atoms with Crippen LogP contribution in [0.5, 0.6) is 5.75 Å². The summed E-state index contributed by atoms with van der Waals surface area (Å²) in [7, 11) is 1.63. The number of H-pyrrole nitrogens is 1. The molecule has 0 aliphatic heterocycles. The molecule has 0 amide bonds. The van der Waals surface area contributed by atoms with Gasteiger partial charge >= 0.3 is 0 Å². The third-order valence-corrected chi connectivity index (χ3v) is 3.99. The number of aromatic nitrogens is 3. The first-order valence-electron chi connectivity index (χ1n) is 7.60. The van der Waals surface area contributed by atoms with Gasteiger partial charge in [0.1, 0.15) is 11.4 Å². The van der Waals surface area contributed by atoms with Crippen LogP contribution in [0.2, 0.25) is 0 Å². The number of nitrogens with zero attached hydrogens (tertiary/aromatic N) is 2. The second-order valence-corrected chi connectivity index (χ2v) is 5.60. The van der Waals surface area contributed by atoms with Gasteiger partial charge in [-0.2, -0.15) is 0 Å². The van der Waals surface area contributed by atoms with Crippen molar-refractivity contribution >= 4 is 5.95 Å². The quantitative estimate of drug-likeness (QED) is 0.884. The standard InChI is InChI=1S/C16H20N4O2/c1-22-13-8-6-11(7-9-13)10-14-15(21)18-16(20-19-14)17-12-4-2-3-5-12/h6-9,12H,2-5,10H2,1H3,(H2,17,18,20,21). The third kappa shape index (κ3) is 3.44. The number of hydrogen-bond donors (Lipinski definition) is 2. The summed E-state index contributed by atoms with van der Waals surface area (Å²) in [6, 6.07) is 7.98. The largest absolute Gasteiger partial charge is 0.497 e. The molecule has 6 heteroatoms. The van der Waals surface area contributed by atoms with E-state index in [9.17, 15) is 4.79 Å². The third-order valence-electron chi connectivity index (χ3n) is 3.99. The van der Waals surface area contributed by atoms with Crippen molar-refractivity contribution in [3.63, 3.8) is 0 Å². The van der Waals surface area contributed by atoms with Gasteiger partial charge in [0.2, 0.25) is 5.95 Å². The zero-order chi connectivity index (χ0) is 15.4. The summed E-state index contributed by atoms with van der Waals surface area (Å²) in [6.45, 7) is 0. The number of hydrogen-bond acceptors (Lipinski definition) is 5. The SMILES string of the molecule is COc1ccc(Cc2nnc(NC3CCCC3)[nH]c2=O)cc1. The molecule has 1 saturated carbocycles. The van der Waals surface area contributed by atoms with Crippen molar-refractivity contribution in [3.8, 4) is 5.75 Å². The Kier molecular flexibility index (Phi) is 4.37. The van der Waals surface area contributed by atoms with Gasteiger partial charge in [-0.05, 0) is 30.5 Å². The van der Waals surface area contributed by atoms with E-state index in [2.05, 4.69) is 20.5 Å². The molecule has 1 aromatic carbocycles. The molecule has 1 aromatic heterocycles. The van der Waals surface area contributed by atoms with Crippen molar-refractivity contribution in [3.05, 3.63) is 45.9 Å². The van der Waals surface area contributed by atoms with Gasteiger partial charge in [0.05, 0.1) is 7.11 Å². The highest BCUT2D eigenvalue weighted by Crippen LogP contribution is 2.20. The number of ether oxygens (including phenoxy) is 1. The minimum Gasteiger partial charge on any atom is -0.497 e. The maximum absolute atomic E-state index is 12.1. The molecule has 6 nitrogen and oxygen atoms in total. The average molecular weight is 300 g/mol. The number of anilines is 1. The fraction of sp³-hybridized carbons (Fsp3) is 0.438. The van der Waals surface area contributed by atoms with Gasteiger partial charge in [-0.25, -0.2) is 0 Å². The Morgan fingerprint density at radius 3 is 2.59 bits per heavy atom. The van der Waals surface area contributed by atoms with Gasteiger partial charge in [0.25, 0.3) is 5.56 Å². The second-order valence-electron chi connectivity index (χ2n) is 5.60. The van der Waals surface area contributed by atoms with E-state index in [-0.39, 0.29) is 5.56 Å². The molecule has 2 aromatic rings. The van der Waals surface area contributed by atoms with Gasteiger partial charge in [-0.3, -0.25) is 9.78 Å². The molecule has 2 N–H and O–H groups in total. The van der Waals surface area contributed by atoms with Crippen LogP contribution in [-0.2, 0) is 6.42 Å². The number of aromatic amines is 1. The Morgan fingerprint density at radius 2 is 1.95 bits per heavy atom. The van der Waals surface area contributed by atoms with Gasteiger partial charge in [-0.1, -0.05) is 25.0 Å². The van der Waals surface area contributed by atoms with Gasteiger partial charge in [0.15, 0.2) is 0 Å². The molecule has 3 rings (SSSR count). The zero-order valence-electron chi connectivity index (χ0n) is 12.6. The second kappa shape index (κ2) is 6.60. The molecule has 0 atom stereocenters. The van der Waals surface area contributed by atoms with E-state index in [1.165, 1.54) is 12.8 Å². The Morgan fingerprint density at radius 1 is 1.23 bits per heavy atom. The summed E-state index contributed by atoms with van der Waals surface area (Å²) in [5.41, 5.74) is 1.23. The van der Waals surface area contributed by atoms with Crippen molar-refractivity contribution < 1.29 is 4.74 Å². The molecule has 0 unspecified atom stereocenters. The first kappa shape index (κ1) is 14.6. The highest BCUT2D eigenvalue weighted by Gasteiger charge is 2.16. The molecule has 1 fully saturated rings. The zero-order valence-corrected chi connectivity index (χ0v) is 12.6. The summed E-state index contributed by atoms with van der Waals surface area (Å²) in [5, 5.41) is 11.4. The lowest BCUT2D eigenvalue weighted by Crippen LogP contribution is -2.23. The van der Waals surface area contributed by atoms with E-state index < -0.39 is 0 Å². The van der Waals surface area contributed by atoms with Crippen LogP contribution in [0.15, 0.2) is 29.1 Å². The minimum atomic E-state index is -0.189. The van der Waals surface area contributed by atoms with Crippen molar-refractivity contribution in [1.29, 1.82) is 0 Å². The molecule has 1 heterocycles. The lowest BCUT2D eigenvalue weighted by molar-refractivity contribution is 0.414. The maximum atomic E-state index is 12.1. The van der Waals surface area contributed by atoms with E-state index in [0.29, 0.717) is 24.1 Å². The van der Waals surface area contributed by atoms with Crippen LogP contribution in [0, 0.1) is 0 Å². The molecule has 22 heavy (non-hydrogen) atoms. The Bertz CT molecular complexity index is 675. The summed E-state index contributed by atoms with van der Waals surface area (Å²) < 4.78 is 5.12. The lowest BCUT2D eigenvalue weighted by Gasteiger charge is -2.11. The van der Waals surface area contributed by atoms with Crippen molar-refractivity contribution in [1.82, 2.24) is 15.2 Å². The normalized spacial score (nSPS) is 15.0. The van der Waals surface area contributed by atoms with Gasteiger partial charge in [-0.15, -0.1) is 10.2 Å². The highest BCUT2D eigenvalue weighted by molar-refractivity contribution is 5.30. The fourth-order valence-electron chi connectivity index (χ4n) is 2.74. The molecule has 0 radical (unpaired) electrons. The first-order chi connectivity index (χ1) is 10.7. The van der Waals surface area contributed by atoms with Crippen LogP contribution in [0.1, 0.15) is 36.9 Å². The smallest absolute Gasteiger partial charge is 0.274 e. The van der Waals surface area contributed by atoms with Crippen LogP contribution >= 0.6 is 0 Å². The van der Waals surface area contributed by atoms with Crippen molar-refractivity contribution in [2.24, 2.45) is 0 Å². The summed E-state index contributed by atoms with van der Waals surface area (Å²) in [5.74, 6) is 1.26. The molecule has 0 bridgehead atoms. The van der Waals surface area contributed by atoms with E-state index in [0.717, 1.165) is 24.2 Å². The molecule has 0 spiro atoms. The van der Waals surface area contributed by atoms with Crippen LogP contribution in [0.4, 0.5) is 5.95 Å². The van der Waals surface area contributed by atoms with E-state index in [1.807, 2.05) is 24.3 Å². The number of rotatable bonds is 5. The van der Waals surface area contributed by atoms with Crippen LogP contribution in [0.3, 0.4) is 0 Å². The topological polar surface area (TPSA) is 79.9 Å². The molecule has 1 aliphatic rings. The highest BCUT2D eigenvalue weighted by atomic mass is 16.5. The van der Waals surface area contributed by atoms with E-state index in [1.54, 1.807) is 7.11 Å². The number of methoxy groups -OCH3 is 1. The molecular formula is C16H20N4O2. The number of benzene rings is 1. The summed E-state index contributed by atoms with van der Waals surface area (Å²) in [4.78, 5) is 14.9. The van der Waals surface area contributed by atoms with Gasteiger partial charge < -0.3 is 10.1 Å². The monoisotopic (exact) mass is 300 g/mol. The van der Waals surface area contributed by atoms with Crippen molar-refractivity contribution in [2.75, 3.05) is 12.4 Å². The van der Waals surface area contributed by atoms with Gasteiger partial charge in [0, 0.05) is 12.5 Å². The molecular weight excluding hydrogens is 280 g/mol. The Hall–Kier alpha value is -2.37. The molecule has 0 saturated heterocycles. The molecule has 1 aliphatic carbocycles. The molecule has 116 valence electrons. The average Bonchev–Trinajstić information content (AvgIpc) is 3.04. The predicted octanol–water partition coefficient (Wildman–Crippen LogP) is 2.12. The Balaban J connectivity index is 1.69. The van der Waals surface area contributed by atoms with E-state index in [4.69, 9.17) is 4.74 Å². The van der Waals surface area contributed by atoms with Crippen molar-refractivity contribution in [2.45, 2.75) is 38.1 Å². The Labute approximate surface area is 128 Å². The summed E-state index contributed by atoms with van der Waals surface area (Å²) in [6.07, 6.45) is 5.15. The van der Waals surface area contributed by atoms with Crippen LogP contribution in [0.25, 0.3) is 0 Å². The summed E-state index contributed by atoms with van der Waals surface area (Å²) >= 11 is 0.